The number of nitrogens with one attached hydrogen (secondary N) is 2. The Morgan fingerprint density at radius 3 is 2.52 bits per heavy atom. The van der Waals surface area contributed by atoms with Crippen LogP contribution >= 0.6 is 35.3 Å². The maximum Gasteiger partial charge on any atom is 0.191 e. The number of thiazole rings is 1. The average Bonchev–Trinajstić information content (AvgIpc) is 3.33. The van der Waals surface area contributed by atoms with Crippen molar-refractivity contribution in [2.75, 3.05) is 13.6 Å². The number of aromatic nitrogens is 1. The number of guanidine groups is 1. The van der Waals surface area contributed by atoms with Crippen LogP contribution in [0.5, 0.6) is 0 Å². The molecule has 0 aliphatic carbocycles. The van der Waals surface area contributed by atoms with Gasteiger partial charge >= 0.3 is 0 Å². The number of halogens is 1. The van der Waals surface area contributed by atoms with Gasteiger partial charge in [0, 0.05) is 18.0 Å². The zero-order valence-electron chi connectivity index (χ0n) is 18.6. The molecule has 2 aromatic heterocycles. The van der Waals surface area contributed by atoms with E-state index >= 15 is 0 Å². The molecule has 0 fully saturated rings. The highest BCUT2D eigenvalue weighted by Crippen LogP contribution is 2.17. The van der Waals surface area contributed by atoms with Crippen molar-refractivity contribution in [3.63, 3.8) is 0 Å². The summed E-state index contributed by atoms with van der Waals surface area (Å²) in [6.45, 7) is 9.98. The largest absolute Gasteiger partial charge is 0.468 e. The number of aliphatic imine (C=N–C) groups is 1. The van der Waals surface area contributed by atoms with Crippen LogP contribution < -0.4 is 10.6 Å². The van der Waals surface area contributed by atoms with E-state index in [1.807, 2.05) is 19.1 Å². The van der Waals surface area contributed by atoms with Crippen molar-refractivity contribution in [2.45, 2.75) is 47.0 Å². The molecule has 8 heteroatoms. The lowest BCUT2D eigenvalue weighted by Crippen LogP contribution is -2.36. The first-order valence-corrected chi connectivity index (χ1v) is 11.1. The molecule has 0 aliphatic heterocycles. The molecule has 3 rings (SSSR count). The molecule has 0 bridgehead atoms. The van der Waals surface area contributed by atoms with Crippen LogP contribution in [0.2, 0.25) is 0 Å². The first kappa shape index (κ1) is 25.4. The number of furan rings is 1. The topological polar surface area (TPSA) is 65.7 Å². The Morgan fingerprint density at radius 1 is 1.10 bits per heavy atom. The Kier molecular flexibility index (Phi) is 10.5. The third-order valence-corrected chi connectivity index (χ3v) is 5.81. The predicted octanol–water partition coefficient (Wildman–Crippen LogP) is 4.86. The molecule has 0 aliphatic rings. The van der Waals surface area contributed by atoms with Crippen molar-refractivity contribution in [1.29, 1.82) is 0 Å². The van der Waals surface area contributed by atoms with Gasteiger partial charge in [0.1, 0.15) is 5.76 Å². The van der Waals surface area contributed by atoms with Gasteiger partial charge in [-0.25, -0.2) is 9.98 Å². The van der Waals surface area contributed by atoms with Gasteiger partial charge in [-0.15, -0.1) is 35.3 Å². The summed E-state index contributed by atoms with van der Waals surface area (Å²) in [6.07, 6.45) is 1.72. The Labute approximate surface area is 206 Å². The lowest BCUT2D eigenvalue weighted by molar-refractivity contribution is 0.287. The summed E-state index contributed by atoms with van der Waals surface area (Å²) >= 11 is 1.73. The lowest BCUT2D eigenvalue weighted by atomic mass is 10.1. The van der Waals surface area contributed by atoms with Gasteiger partial charge < -0.3 is 15.1 Å². The van der Waals surface area contributed by atoms with E-state index in [9.17, 15) is 0 Å². The molecule has 6 nitrogen and oxygen atoms in total. The Morgan fingerprint density at radius 2 is 1.87 bits per heavy atom. The van der Waals surface area contributed by atoms with Crippen molar-refractivity contribution >= 4 is 41.3 Å². The number of rotatable bonds is 9. The summed E-state index contributed by atoms with van der Waals surface area (Å²) in [7, 11) is 2.10. The lowest BCUT2D eigenvalue weighted by Gasteiger charge is -2.17. The van der Waals surface area contributed by atoms with Crippen molar-refractivity contribution in [1.82, 2.24) is 20.5 Å². The highest BCUT2D eigenvalue weighted by molar-refractivity contribution is 14.0. The van der Waals surface area contributed by atoms with E-state index in [2.05, 4.69) is 65.7 Å². The summed E-state index contributed by atoms with van der Waals surface area (Å²) in [5.41, 5.74) is 3.59. The van der Waals surface area contributed by atoms with E-state index in [1.165, 1.54) is 16.0 Å². The molecular weight excluding hydrogens is 521 g/mol. The Hall–Kier alpha value is -1.91. The molecule has 2 N–H and O–H groups in total. The number of hydrogen-bond donors (Lipinski definition) is 2. The summed E-state index contributed by atoms with van der Waals surface area (Å²) in [4.78, 5) is 12.8. The molecule has 168 valence electrons. The monoisotopic (exact) mass is 553 g/mol. The fourth-order valence-electron chi connectivity index (χ4n) is 3.29. The molecule has 0 amide bonds. The van der Waals surface area contributed by atoms with Crippen LogP contribution in [-0.2, 0) is 26.2 Å². The molecule has 0 radical (unpaired) electrons. The Bertz CT molecular complexity index is 955. The van der Waals surface area contributed by atoms with E-state index in [0.717, 1.165) is 48.6 Å². The molecule has 0 saturated heterocycles. The van der Waals surface area contributed by atoms with Crippen LogP contribution in [0, 0.1) is 13.8 Å². The minimum absolute atomic E-state index is 0. The van der Waals surface area contributed by atoms with Gasteiger partial charge in [-0.05, 0) is 51.1 Å². The van der Waals surface area contributed by atoms with Crippen LogP contribution in [0.25, 0.3) is 0 Å². The van der Waals surface area contributed by atoms with Gasteiger partial charge in [0.25, 0.3) is 0 Å². The third-order valence-electron chi connectivity index (χ3n) is 4.73. The number of benzene rings is 1. The highest BCUT2D eigenvalue weighted by Gasteiger charge is 2.09. The first-order valence-electron chi connectivity index (χ1n) is 10.3. The summed E-state index contributed by atoms with van der Waals surface area (Å²) in [5.74, 6) is 1.79. The molecule has 0 unspecified atom stereocenters. The minimum atomic E-state index is 0. The van der Waals surface area contributed by atoms with E-state index in [-0.39, 0.29) is 24.0 Å². The van der Waals surface area contributed by atoms with Crippen molar-refractivity contribution in [3.8, 4) is 0 Å². The van der Waals surface area contributed by atoms with E-state index < -0.39 is 0 Å². The van der Waals surface area contributed by atoms with Crippen LogP contribution in [0.4, 0.5) is 0 Å². The van der Waals surface area contributed by atoms with E-state index in [1.54, 1.807) is 17.6 Å². The van der Waals surface area contributed by atoms with E-state index in [4.69, 9.17) is 9.41 Å². The van der Waals surface area contributed by atoms with Crippen LogP contribution in [-0.4, -0.2) is 29.4 Å². The van der Waals surface area contributed by atoms with Crippen LogP contribution in [0.3, 0.4) is 0 Å². The molecule has 0 atom stereocenters. The zero-order valence-corrected chi connectivity index (χ0v) is 21.8. The van der Waals surface area contributed by atoms with Gasteiger partial charge in [0.2, 0.25) is 0 Å². The minimum Gasteiger partial charge on any atom is -0.468 e. The third kappa shape index (κ3) is 7.93. The highest BCUT2D eigenvalue weighted by atomic mass is 127. The smallest absolute Gasteiger partial charge is 0.191 e. The molecule has 31 heavy (non-hydrogen) atoms. The maximum absolute atomic E-state index is 5.47. The van der Waals surface area contributed by atoms with Gasteiger partial charge in [0.05, 0.1) is 36.6 Å². The first-order chi connectivity index (χ1) is 14.5. The van der Waals surface area contributed by atoms with Gasteiger partial charge in [-0.3, -0.25) is 4.90 Å². The van der Waals surface area contributed by atoms with Crippen LogP contribution in [0.15, 0.2) is 52.1 Å². The van der Waals surface area contributed by atoms with Gasteiger partial charge in [0.15, 0.2) is 5.96 Å². The second-order valence-electron chi connectivity index (χ2n) is 7.31. The number of nitrogens with zero attached hydrogens (tertiary/aromatic N) is 3. The van der Waals surface area contributed by atoms with Gasteiger partial charge in [-0.1, -0.05) is 24.3 Å². The molecule has 3 aromatic rings. The molecule has 0 spiro atoms. The van der Waals surface area contributed by atoms with Crippen molar-refractivity contribution in [2.24, 2.45) is 4.99 Å². The fourth-order valence-corrected chi connectivity index (χ4v) is 4.17. The van der Waals surface area contributed by atoms with Crippen molar-refractivity contribution < 1.29 is 4.42 Å². The van der Waals surface area contributed by atoms with Crippen LogP contribution in [0.1, 0.15) is 39.4 Å². The molecule has 2 heterocycles. The summed E-state index contributed by atoms with van der Waals surface area (Å²) < 4.78 is 5.47. The van der Waals surface area contributed by atoms with Crippen molar-refractivity contribution in [3.05, 3.63) is 75.1 Å². The molecule has 1 aromatic carbocycles. The van der Waals surface area contributed by atoms with Gasteiger partial charge in [-0.2, -0.15) is 0 Å². The molecular formula is C23H32IN5OS. The second kappa shape index (κ2) is 12.8. The fraction of sp³-hybridized carbons (Fsp3) is 0.391. The van der Waals surface area contributed by atoms with E-state index in [0.29, 0.717) is 6.54 Å². The maximum atomic E-state index is 5.47. The number of aryl methyl sites for hydroxylation is 2. The number of hydrogen-bond acceptors (Lipinski definition) is 5. The SMILES string of the molecule is CCNC(=NCc1ccccc1CN(C)Cc1ccco1)NCc1sc(C)nc1C.I. The summed E-state index contributed by atoms with van der Waals surface area (Å²) in [5, 5.41) is 7.87. The average molecular weight is 554 g/mol. The molecule has 0 saturated carbocycles. The normalized spacial score (nSPS) is 11.5. The zero-order chi connectivity index (χ0) is 21.3. The summed E-state index contributed by atoms with van der Waals surface area (Å²) in [6, 6.07) is 12.4. The predicted molar refractivity (Wildman–Crippen MR) is 139 cm³/mol. The second-order valence-corrected chi connectivity index (χ2v) is 8.60. The standard InChI is InChI=1S/C23H31N5OS.HI/c1-5-24-23(26-14-22-17(2)27-18(3)30-22)25-13-19-9-6-7-10-20(19)15-28(4)16-21-11-8-12-29-21;/h6-12H,5,13-16H2,1-4H3,(H2,24,25,26);1H. The quantitative estimate of drug-likeness (QED) is 0.225. The Balaban J connectivity index is 0.00000341.